The number of nitrogens with zero attached hydrogens (tertiary/aromatic N) is 5. The minimum absolute atomic E-state index is 0.189. The molecule has 0 aliphatic heterocycles. The highest BCUT2D eigenvalue weighted by molar-refractivity contribution is 9.10. The summed E-state index contributed by atoms with van der Waals surface area (Å²) in [6, 6.07) is 7.60. The molecule has 0 radical (unpaired) electrons. The molecule has 8 nitrogen and oxygen atoms in total. The van der Waals surface area contributed by atoms with E-state index in [0.29, 0.717) is 15.8 Å². The molecule has 3 aromatic heterocycles. The fourth-order valence-corrected chi connectivity index (χ4v) is 3.15. The lowest BCUT2D eigenvalue weighted by Crippen LogP contribution is -2.14. The molecule has 0 fully saturated rings. The van der Waals surface area contributed by atoms with Crippen molar-refractivity contribution in [3.05, 3.63) is 64.7 Å². The number of pyridine rings is 1. The van der Waals surface area contributed by atoms with Gasteiger partial charge in [-0.1, -0.05) is 0 Å². The smallest absolute Gasteiger partial charge is 0.416 e. The van der Waals surface area contributed by atoms with Gasteiger partial charge < -0.3 is 10.4 Å². The Kier molecular flexibility index (Phi) is 4.86. The largest absolute Gasteiger partial charge is 0.492 e. The summed E-state index contributed by atoms with van der Waals surface area (Å²) in [6.45, 7) is 0. The van der Waals surface area contributed by atoms with Crippen LogP contribution in [0.1, 0.15) is 15.9 Å². The second-order valence-electron chi connectivity index (χ2n) is 6.03. The van der Waals surface area contributed by atoms with Crippen LogP contribution in [0.5, 0.6) is 5.88 Å². The van der Waals surface area contributed by atoms with Crippen molar-refractivity contribution >= 4 is 38.7 Å². The van der Waals surface area contributed by atoms with Gasteiger partial charge in [0.2, 0.25) is 5.88 Å². The van der Waals surface area contributed by atoms with E-state index in [4.69, 9.17) is 0 Å². The highest BCUT2D eigenvalue weighted by atomic mass is 79.9. The van der Waals surface area contributed by atoms with Gasteiger partial charge >= 0.3 is 6.18 Å². The highest BCUT2D eigenvalue weighted by Crippen LogP contribution is 2.30. The molecule has 0 spiro atoms. The number of rotatable bonds is 3. The summed E-state index contributed by atoms with van der Waals surface area (Å²) in [5.74, 6) is -1.12. The number of nitrogens with one attached hydrogen (secondary N) is 1. The van der Waals surface area contributed by atoms with Crippen molar-refractivity contribution < 1.29 is 23.1 Å². The van der Waals surface area contributed by atoms with Gasteiger partial charge in [0.25, 0.3) is 5.91 Å². The van der Waals surface area contributed by atoms with Gasteiger partial charge in [0.05, 0.1) is 11.3 Å². The van der Waals surface area contributed by atoms with Crippen LogP contribution in [-0.2, 0) is 6.18 Å². The number of hydrogen-bond donors (Lipinski definition) is 2. The van der Waals surface area contributed by atoms with Crippen LogP contribution in [0.25, 0.3) is 16.7 Å². The van der Waals surface area contributed by atoms with E-state index in [1.165, 1.54) is 23.1 Å². The summed E-state index contributed by atoms with van der Waals surface area (Å²) >= 11 is 3.26. The molecule has 0 bridgehead atoms. The molecule has 152 valence electrons. The van der Waals surface area contributed by atoms with Crippen molar-refractivity contribution in [2.45, 2.75) is 6.18 Å². The van der Waals surface area contributed by atoms with Crippen LogP contribution in [-0.4, -0.2) is 35.7 Å². The Hall–Kier alpha value is -3.54. The molecule has 12 heteroatoms. The lowest BCUT2D eigenvalue weighted by Gasteiger charge is -2.09. The Morgan fingerprint density at radius 1 is 1.10 bits per heavy atom. The minimum atomic E-state index is -4.54. The molecule has 0 atom stereocenters. The molecule has 0 saturated heterocycles. The van der Waals surface area contributed by atoms with E-state index in [-0.39, 0.29) is 22.8 Å². The Labute approximate surface area is 174 Å². The summed E-state index contributed by atoms with van der Waals surface area (Å²) in [5, 5.41) is 16.6. The predicted octanol–water partition coefficient (Wildman–Crippen LogP) is 3.95. The molecule has 30 heavy (non-hydrogen) atoms. The SMILES string of the molecule is O=C(Nc1cc(C(F)(F)F)ccn1)c1ccc(-n2nc(Br)c3ncnc(O)c32)cc1. The maximum atomic E-state index is 12.8. The quantitative estimate of drug-likeness (QED) is 0.461. The minimum Gasteiger partial charge on any atom is -0.492 e. The third kappa shape index (κ3) is 3.68. The van der Waals surface area contributed by atoms with Crippen molar-refractivity contribution in [2.75, 3.05) is 5.32 Å². The molecule has 3 heterocycles. The van der Waals surface area contributed by atoms with Gasteiger partial charge in [0.1, 0.15) is 17.7 Å². The van der Waals surface area contributed by atoms with Gasteiger partial charge in [-0.25, -0.2) is 19.6 Å². The van der Waals surface area contributed by atoms with Gasteiger partial charge in [-0.15, -0.1) is 0 Å². The van der Waals surface area contributed by atoms with Gasteiger partial charge in [-0.3, -0.25) is 4.79 Å². The Balaban J connectivity index is 1.60. The van der Waals surface area contributed by atoms with Crippen LogP contribution in [0.15, 0.2) is 53.5 Å². The fraction of sp³-hybridized carbons (Fsp3) is 0.0556. The van der Waals surface area contributed by atoms with E-state index in [0.717, 1.165) is 18.3 Å². The van der Waals surface area contributed by atoms with E-state index < -0.39 is 17.6 Å². The van der Waals surface area contributed by atoms with Gasteiger partial charge in [0.15, 0.2) is 10.1 Å². The first-order valence-electron chi connectivity index (χ1n) is 8.27. The van der Waals surface area contributed by atoms with E-state index in [9.17, 15) is 23.1 Å². The summed E-state index contributed by atoms with van der Waals surface area (Å²) in [5.41, 5.74) is 0.453. The molecule has 0 unspecified atom stereocenters. The van der Waals surface area contributed by atoms with Crippen LogP contribution in [0, 0.1) is 0 Å². The topological polar surface area (TPSA) is 106 Å². The molecule has 0 aliphatic carbocycles. The number of aromatic hydroxyl groups is 1. The number of halogens is 4. The van der Waals surface area contributed by atoms with Crippen LogP contribution < -0.4 is 5.32 Å². The number of alkyl halides is 3. The summed E-state index contributed by atoms with van der Waals surface area (Å²) in [4.78, 5) is 23.9. The molecule has 1 amide bonds. The highest BCUT2D eigenvalue weighted by Gasteiger charge is 2.30. The average molecular weight is 479 g/mol. The molecule has 4 aromatic rings. The van der Waals surface area contributed by atoms with Crippen LogP contribution in [0.4, 0.5) is 19.0 Å². The van der Waals surface area contributed by atoms with E-state index in [1.807, 2.05) is 0 Å². The molecular formula is C18H10BrF3N6O2. The van der Waals surface area contributed by atoms with E-state index in [2.05, 4.69) is 41.3 Å². The first-order valence-corrected chi connectivity index (χ1v) is 9.06. The van der Waals surface area contributed by atoms with Crippen molar-refractivity contribution in [1.82, 2.24) is 24.7 Å². The maximum Gasteiger partial charge on any atom is 0.416 e. The third-order valence-electron chi connectivity index (χ3n) is 4.10. The zero-order chi connectivity index (χ0) is 21.5. The zero-order valence-corrected chi connectivity index (χ0v) is 16.3. The van der Waals surface area contributed by atoms with Crippen molar-refractivity contribution in [2.24, 2.45) is 0 Å². The van der Waals surface area contributed by atoms with Crippen LogP contribution in [0.3, 0.4) is 0 Å². The number of benzene rings is 1. The molecule has 1 aromatic carbocycles. The average Bonchev–Trinajstić information content (AvgIpc) is 3.06. The van der Waals surface area contributed by atoms with Crippen molar-refractivity contribution in [3.8, 4) is 11.6 Å². The third-order valence-corrected chi connectivity index (χ3v) is 4.64. The second kappa shape index (κ2) is 7.37. The van der Waals surface area contributed by atoms with Gasteiger partial charge in [0, 0.05) is 11.8 Å². The number of amides is 1. The Morgan fingerprint density at radius 2 is 1.83 bits per heavy atom. The summed E-state index contributed by atoms with van der Waals surface area (Å²) in [6.07, 6.45) is -2.37. The number of hydrogen-bond acceptors (Lipinski definition) is 6. The van der Waals surface area contributed by atoms with Crippen LogP contribution in [0.2, 0.25) is 0 Å². The van der Waals surface area contributed by atoms with Crippen LogP contribution >= 0.6 is 15.9 Å². The lowest BCUT2D eigenvalue weighted by atomic mass is 10.2. The Bertz CT molecular complexity index is 1260. The van der Waals surface area contributed by atoms with Gasteiger partial charge in [-0.05, 0) is 52.3 Å². The molecule has 4 rings (SSSR count). The second-order valence-corrected chi connectivity index (χ2v) is 6.78. The zero-order valence-electron chi connectivity index (χ0n) is 14.7. The fourth-order valence-electron chi connectivity index (χ4n) is 2.71. The van der Waals surface area contributed by atoms with E-state index in [1.54, 1.807) is 12.1 Å². The summed E-state index contributed by atoms with van der Waals surface area (Å²) in [7, 11) is 0. The van der Waals surface area contributed by atoms with Gasteiger partial charge in [-0.2, -0.15) is 18.3 Å². The number of carbonyl (C=O) groups is 1. The predicted molar refractivity (Wildman–Crippen MR) is 103 cm³/mol. The lowest BCUT2D eigenvalue weighted by molar-refractivity contribution is -0.137. The molecule has 0 saturated carbocycles. The number of carbonyl (C=O) groups excluding carboxylic acids is 1. The number of aromatic nitrogens is 5. The summed E-state index contributed by atoms with van der Waals surface area (Å²) < 4.78 is 40.2. The molecule has 2 N–H and O–H groups in total. The van der Waals surface area contributed by atoms with E-state index >= 15 is 0 Å². The number of anilines is 1. The van der Waals surface area contributed by atoms with Crippen molar-refractivity contribution in [3.63, 3.8) is 0 Å². The monoisotopic (exact) mass is 478 g/mol. The maximum absolute atomic E-state index is 12.8. The molecular weight excluding hydrogens is 469 g/mol. The Morgan fingerprint density at radius 3 is 2.53 bits per heavy atom. The first kappa shape index (κ1) is 19.8. The molecule has 0 aliphatic rings. The van der Waals surface area contributed by atoms with Crippen molar-refractivity contribution in [1.29, 1.82) is 0 Å². The normalized spacial score (nSPS) is 11.6. The number of fused-ring (bicyclic) bond motifs is 1. The first-order chi connectivity index (χ1) is 14.2. The standard InChI is InChI=1S/C18H10BrF3N6O2/c19-15-13-14(17(30)25-8-24-13)28(27-15)11-3-1-9(2-4-11)16(29)26-12-7-10(5-6-23-12)18(20,21)22/h1-8H,(H,23,26,29)(H,24,25,30).